The van der Waals surface area contributed by atoms with Gasteiger partial charge in [0, 0.05) is 4.47 Å². The number of benzene rings is 2. The Morgan fingerprint density at radius 1 is 1.26 bits per heavy atom. The van der Waals surface area contributed by atoms with Gasteiger partial charge in [0.2, 0.25) is 5.96 Å². The van der Waals surface area contributed by atoms with Crippen LogP contribution in [0.4, 0.5) is 15.8 Å². The molecule has 2 aromatic rings. The van der Waals surface area contributed by atoms with Gasteiger partial charge in [-0.1, -0.05) is 12.1 Å². The zero-order valence-electron chi connectivity index (χ0n) is 11.8. The average molecular weight is 400 g/mol. The fourth-order valence-corrected chi connectivity index (χ4v) is 3.66. The largest absolute Gasteiger partial charge is 0.495 e. The van der Waals surface area contributed by atoms with Crippen LogP contribution in [0.1, 0.15) is 0 Å². The number of methoxy groups -OCH3 is 1. The van der Waals surface area contributed by atoms with Crippen molar-refractivity contribution >= 4 is 43.3 Å². The second-order valence-corrected chi connectivity index (χ2v) is 6.99. The number of hydrogen-bond acceptors (Lipinski definition) is 5. The molecule has 0 radical (unpaired) electrons. The first kappa shape index (κ1) is 15.8. The summed E-state index contributed by atoms with van der Waals surface area (Å²) in [5.74, 6) is -0.739. The normalized spacial score (nSPS) is 15.2. The first-order valence-electron chi connectivity index (χ1n) is 6.42. The maximum Gasteiger partial charge on any atom is 0.290 e. The lowest BCUT2D eigenvalue weighted by Crippen LogP contribution is -2.29. The van der Waals surface area contributed by atoms with E-state index in [4.69, 9.17) is 4.74 Å². The van der Waals surface area contributed by atoms with Crippen molar-refractivity contribution in [3.05, 3.63) is 46.7 Å². The third-order valence-corrected chi connectivity index (χ3v) is 5.16. The fourth-order valence-electron chi connectivity index (χ4n) is 2.13. The summed E-state index contributed by atoms with van der Waals surface area (Å²) in [4.78, 5) is -0.533. The highest BCUT2D eigenvalue weighted by atomic mass is 79.9. The lowest BCUT2D eigenvalue weighted by atomic mass is 10.2. The van der Waals surface area contributed by atoms with Gasteiger partial charge < -0.3 is 15.4 Å². The summed E-state index contributed by atoms with van der Waals surface area (Å²) in [5.41, 5.74) is 0.616. The van der Waals surface area contributed by atoms with Gasteiger partial charge in [-0.15, -0.1) is 4.40 Å². The van der Waals surface area contributed by atoms with E-state index >= 15 is 0 Å². The minimum atomic E-state index is -4.19. The second-order valence-electron chi connectivity index (χ2n) is 4.60. The number of nitrogens with zero attached hydrogens (tertiary/aromatic N) is 1. The van der Waals surface area contributed by atoms with E-state index in [-0.39, 0.29) is 17.4 Å². The van der Waals surface area contributed by atoms with Gasteiger partial charge in [0.15, 0.2) is 4.90 Å². The second kappa shape index (κ2) is 5.82. The average Bonchev–Trinajstić information content (AvgIpc) is 2.49. The molecule has 3 rings (SSSR count). The van der Waals surface area contributed by atoms with Crippen LogP contribution >= 0.6 is 15.9 Å². The standard InChI is InChI=1S/C14H11BrFN3O3S/c1-22-11-7-6-9(16)13-12(11)18-14(19-23(13,20)21)17-10-5-3-2-4-8(10)15/h2-7H,1H3,(H2,17,18,19). The maximum atomic E-state index is 13.9. The third-order valence-electron chi connectivity index (χ3n) is 3.13. The molecule has 120 valence electrons. The van der Waals surface area contributed by atoms with Gasteiger partial charge >= 0.3 is 0 Å². The number of hydrogen-bond donors (Lipinski definition) is 2. The molecule has 0 aromatic heterocycles. The zero-order valence-corrected chi connectivity index (χ0v) is 14.2. The number of para-hydroxylation sites is 1. The lowest BCUT2D eigenvalue weighted by Gasteiger charge is -2.21. The Morgan fingerprint density at radius 2 is 2.00 bits per heavy atom. The molecule has 0 fully saturated rings. The lowest BCUT2D eigenvalue weighted by molar-refractivity contribution is 0.413. The van der Waals surface area contributed by atoms with Crippen LogP contribution < -0.4 is 15.4 Å². The number of nitrogens with one attached hydrogen (secondary N) is 2. The number of sulfonamides is 1. The van der Waals surface area contributed by atoms with Crippen LogP contribution in [0.25, 0.3) is 0 Å². The molecule has 23 heavy (non-hydrogen) atoms. The Labute approximate surface area is 140 Å². The number of guanidine groups is 1. The number of rotatable bonds is 2. The van der Waals surface area contributed by atoms with E-state index < -0.39 is 20.7 Å². The summed E-state index contributed by atoms with van der Waals surface area (Å²) in [7, 11) is -2.83. The first-order chi connectivity index (χ1) is 10.9. The molecule has 0 saturated carbocycles. The molecule has 0 spiro atoms. The van der Waals surface area contributed by atoms with E-state index in [1.807, 2.05) is 6.07 Å². The van der Waals surface area contributed by atoms with E-state index in [1.165, 1.54) is 13.2 Å². The van der Waals surface area contributed by atoms with Crippen LogP contribution in [0.3, 0.4) is 0 Å². The molecule has 2 aromatic carbocycles. The smallest absolute Gasteiger partial charge is 0.290 e. The summed E-state index contributed by atoms with van der Waals surface area (Å²) in [6, 6.07) is 9.49. The molecule has 6 nitrogen and oxygen atoms in total. The van der Waals surface area contributed by atoms with Gasteiger partial charge in [0.05, 0.1) is 12.8 Å². The minimum absolute atomic E-state index is 0.0112. The first-order valence-corrected chi connectivity index (χ1v) is 8.66. The predicted octanol–water partition coefficient (Wildman–Crippen LogP) is 3.18. The zero-order chi connectivity index (χ0) is 16.6. The van der Waals surface area contributed by atoms with E-state index in [2.05, 4.69) is 31.0 Å². The monoisotopic (exact) mass is 399 g/mol. The van der Waals surface area contributed by atoms with E-state index in [1.54, 1.807) is 18.2 Å². The Morgan fingerprint density at radius 3 is 2.70 bits per heavy atom. The van der Waals surface area contributed by atoms with Crippen LogP contribution in [0.2, 0.25) is 0 Å². The van der Waals surface area contributed by atoms with E-state index in [0.29, 0.717) is 5.69 Å². The SMILES string of the molecule is COc1ccc(F)c2c1NC(Nc1ccccc1Br)=NS2(=O)=O. The highest BCUT2D eigenvalue weighted by Gasteiger charge is 2.31. The Hall–Kier alpha value is -2.13. The topological polar surface area (TPSA) is 79.8 Å². The van der Waals surface area contributed by atoms with Crippen LogP contribution in [0.15, 0.2) is 50.2 Å². The molecule has 1 aliphatic heterocycles. The van der Waals surface area contributed by atoms with E-state index in [9.17, 15) is 12.8 Å². The van der Waals surface area contributed by atoms with Gasteiger partial charge in [0.1, 0.15) is 17.3 Å². The molecule has 1 aliphatic rings. The summed E-state index contributed by atoms with van der Waals surface area (Å²) in [6.45, 7) is 0. The van der Waals surface area contributed by atoms with Crippen molar-refractivity contribution < 1.29 is 17.5 Å². The summed E-state index contributed by atoms with van der Waals surface area (Å²) < 4.78 is 47.9. The van der Waals surface area contributed by atoms with Crippen molar-refractivity contribution in [2.45, 2.75) is 4.90 Å². The molecule has 0 unspecified atom stereocenters. The number of anilines is 2. The maximum absolute atomic E-state index is 13.9. The Kier molecular flexibility index (Phi) is 3.99. The highest BCUT2D eigenvalue weighted by Crippen LogP contribution is 2.37. The summed E-state index contributed by atoms with van der Waals surface area (Å²) in [5, 5.41) is 5.61. The highest BCUT2D eigenvalue weighted by molar-refractivity contribution is 9.10. The molecule has 0 saturated heterocycles. The van der Waals surface area contributed by atoms with Crippen LogP contribution in [-0.2, 0) is 10.0 Å². The molecular formula is C14H11BrFN3O3S. The minimum Gasteiger partial charge on any atom is -0.495 e. The molecule has 0 atom stereocenters. The number of halogens is 2. The Bertz CT molecular complexity index is 915. The molecule has 2 N–H and O–H groups in total. The number of fused-ring (bicyclic) bond motifs is 1. The van der Waals surface area contributed by atoms with Crippen molar-refractivity contribution in [1.29, 1.82) is 0 Å². The van der Waals surface area contributed by atoms with Crippen molar-refractivity contribution in [2.75, 3.05) is 17.7 Å². The van der Waals surface area contributed by atoms with Crippen LogP contribution in [-0.4, -0.2) is 21.5 Å². The fraction of sp³-hybridized carbons (Fsp3) is 0.0714. The van der Waals surface area contributed by atoms with Gasteiger partial charge in [-0.25, -0.2) is 4.39 Å². The molecule has 1 heterocycles. The number of ether oxygens (including phenoxy) is 1. The third kappa shape index (κ3) is 2.89. The van der Waals surface area contributed by atoms with Gasteiger partial charge in [-0.2, -0.15) is 8.42 Å². The van der Waals surface area contributed by atoms with Crippen molar-refractivity contribution in [1.82, 2.24) is 0 Å². The molecule has 0 amide bonds. The van der Waals surface area contributed by atoms with Crippen LogP contribution in [0.5, 0.6) is 5.75 Å². The Balaban J connectivity index is 2.07. The summed E-state index contributed by atoms with van der Waals surface area (Å²) in [6.07, 6.45) is 0. The molecule has 9 heteroatoms. The van der Waals surface area contributed by atoms with Crippen molar-refractivity contribution in [3.63, 3.8) is 0 Å². The van der Waals surface area contributed by atoms with Crippen molar-refractivity contribution in [2.24, 2.45) is 4.40 Å². The van der Waals surface area contributed by atoms with Crippen molar-refractivity contribution in [3.8, 4) is 5.75 Å². The van der Waals surface area contributed by atoms with E-state index in [0.717, 1.165) is 10.5 Å². The van der Waals surface area contributed by atoms with Gasteiger partial charge in [-0.05, 0) is 40.2 Å². The predicted molar refractivity (Wildman–Crippen MR) is 89.0 cm³/mol. The molecule has 0 bridgehead atoms. The summed E-state index contributed by atoms with van der Waals surface area (Å²) >= 11 is 3.34. The van der Waals surface area contributed by atoms with Crippen LogP contribution in [0, 0.1) is 5.82 Å². The molecule has 0 aliphatic carbocycles. The van der Waals surface area contributed by atoms with Gasteiger partial charge in [0.25, 0.3) is 10.0 Å². The van der Waals surface area contributed by atoms with Gasteiger partial charge in [-0.3, -0.25) is 0 Å². The quantitative estimate of drug-likeness (QED) is 0.810. The molecular weight excluding hydrogens is 389 g/mol.